The Hall–Kier alpha value is -3.75. The summed E-state index contributed by atoms with van der Waals surface area (Å²) in [6.07, 6.45) is -3.48. The van der Waals surface area contributed by atoms with Gasteiger partial charge in [0.2, 0.25) is 5.71 Å². The number of benzene rings is 2. The van der Waals surface area contributed by atoms with Gasteiger partial charge in [0, 0.05) is 11.1 Å². The van der Waals surface area contributed by atoms with Crippen LogP contribution in [0.25, 0.3) is 33.6 Å². The first-order chi connectivity index (χ1) is 13.9. The average Bonchev–Trinajstić information content (AvgIpc) is 3.08. The maximum atomic E-state index is 12.4. The maximum Gasteiger partial charge on any atom is 0.573 e. The van der Waals surface area contributed by atoms with Gasteiger partial charge in [-0.25, -0.2) is 9.97 Å². The van der Waals surface area contributed by atoms with Crippen molar-refractivity contribution >= 4 is 16.9 Å². The molecule has 0 saturated carbocycles. The van der Waals surface area contributed by atoms with E-state index in [0.29, 0.717) is 28.0 Å². The lowest BCUT2D eigenvalue weighted by Crippen LogP contribution is -2.16. The molecule has 0 unspecified atom stereocenters. The van der Waals surface area contributed by atoms with E-state index in [4.69, 9.17) is 14.9 Å². The number of furan rings is 1. The van der Waals surface area contributed by atoms with Gasteiger partial charge in [-0.05, 0) is 42.0 Å². The quantitative estimate of drug-likeness (QED) is 0.515. The number of methoxy groups -OCH3 is 1. The van der Waals surface area contributed by atoms with Crippen molar-refractivity contribution in [2.24, 2.45) is 0 Å². The zero-order valence-electron chi connectivity index (χ0n) is 15.0. The number of alkyl halides is 3. The standard InChI is InChI=1S/C20H14F3N3O3/c1-27-13-6-2-11(3-7-13)15-16-18(24)25-10-26-19(16)28-17(15)12-4-8-14(9-5-12)29-20(21,22)23/h2-10H,1H3,(H2,24,25,26). The molecule has 9 heteroatoms. The zero-order valence-corrected chi connectivity index (χ0v) is 15.0. The van der Waals surface area contributed by atoms with Gasteiger partial charge in [-0.15, -0.1) is 13.2 Å². The molecule has 0 radical (unpaired) electrons. The molecule has 4 rings (SSSR count). The molecule has 0 saturated heterocycles. The van der Waals surface area contributed by atoms with E-state index >= 15 is 0 Å². The predicted octanol–water partition coefficient (Wildman–Crippen LogP) is 5.05. The van der Waals surface area contributed by atoms with Gasteiger partial charge >= 0.3 is 6.36 Å². The van der Waals surface area contributed by atoms with Crippen LogP contribution < -0.4 is 15.2 Å². The molecule has 2 N–H and O–H groups in total. The molecule has 2 aromatic carbocycles. The summed E-state index contributed by atoms with van der Waals surface area (Å²) in [6, 6.07) is 12.5. The minimum Gasteiger partial charge on any atom is -0.497 e. The van der Waals surface area contributed by atoms with Gasteiger partial charge in [-0.1, -0.05) is 12.1 Å². The van der Waals surface area contributed by atoms with Crippen molar-refractivity contribution in [2.75, 3.05) is 12.8 Å². The fourth-order valence-corrected chi connectivity index (χ4v) is 3.00. The number of ether oxygens (including phenoxy) is 2. The van der Waals surface area contributed by atoms with Crippen LogP contribution in [-0.4, -0.2) is 23.4 Å². The van der Waals surface area contributed by atoms with E-state index in [9.17, 15) is 13.2 Å². The van der Waals surface area contributed by atoms with E-state index in [-0.39, 0.29) is 17.3 Å². The molecule has 2 aromatic heterocycles. The predicted molar refractivity (Wildman–Crippen MR) is 100 cm³/mol. The summed E-state index contributed by atoms with van der Waals surface area (Å²) in [5.41, 5.74) is 8.25. The van der Waals surface area contributed by atoms with Crippen molar-refractivity contribution in [3.8, 4) is 33.9 Å². The van der Waals surface area contributed by atoms with Gasteiger partial charge in [0.05, 0.1) is 12.5 Å². The molecule has 6 nitrogen and oxygen atoms in total. The first-order valence-corrected chi connectivity index (χ1v) is 8.39. The molecule has 0 aliphatic carbocycles. The summed E-state index contributed by atoms with van der Waals surface area (Å²) in [5, 5.41) is 0.517. The van der Waals surface area contributed by atoms with Crippen molar-refractivity contribution in [1.29, 1.82) is 0 Å². The molecule has 0 amide bonds. The van der Waals surface area contributed by atoms with Crippen LogP contribution in [0.1, 0.15) is 0 Å². The second-order valence-electron chi connectivity index (χ2n) is 6.05. The van der Waals surface area contributed by atoms with Crippen molar-refractivity contribution < 1.29 is 27.1 Å². The fourth-order valence-electron chi connectivity index (χ4n) is 3.00. The number of hydrogen-bond donors (Lipinski definition) is 1. The number of anilines is 1. The molecule has 0 atom stereocenters. The Morgan fingerprint density at radius 3 is 2.14 bits per heavy atom. The van der Waals surface area contributed by atoms with Crippen LogP contribution >= 0.6 is 0 Å². The zero-order chi connectivity index (χ0) is 20.6. The third kappa shape index (κ3) is 3.66. The highest BCUT2D eigenvalue weighted by Gasteiger charge is 2.31. The lowest BCUT2D eigenvalue weighted by atomic mass is 9.99. The average molecular weight is 401 g/mol. The molecule has 29 heavy (non-hydrogen) atoms. The number of nitrogens with two attached hydrogens (primary N) is 1. The number of aromatic nitrogens is 2. The second-order valence-corrected chi connectivity index (χ2v) is 6.05. The van der Waals surface area contributed by atoms with Crippen LogP contribution in [0.4, 0.5) is 19.0 Å². The summed E-state index contributed by atoms with van der Waals surface area (Å²) in [7, 11) is 1.56. The second kappa shape index (κ2) is 7.01. The minimum atomic E-state index is -4.76. The van der Waals surface area contributed by atoms with Gasteiger partial charge in [0.15, 0.2) is 0 Å². The summed E-state index contributed by atoms with van der Waals surface area (Å²) >= 11 is 0. The van der Waals surface area contributed by atoms with Gasteiger partial charge in [0.25, 0.3) is 0 Å². The first kappa shape index (κ1) is 18.6. The smallest absolute Gasteiger partial charge is 0.497 e. The summed E-state index contributed by atoms with van der Waals surface area (Å²) in [5.74, 6) is 0.965. The normalized spacial score (nSPS) is 11.6. The van der Waals surface area contributed by atoms with Gasteiger partial charge in [-0.2, -0.15) is 0 Å². The molecule has 4 aromatic rings. The third-order valence-corrected chi connectivity index (χ3v) is 4.25. The van der Waals surface area contributed by atoms with Crippen molar-refractivity contribution in [1.82, 2.24) is 9.97 Å². The highest BCUT2D eigenvalue weighted by Crippen LogP contribution is 2.42. The number of rotatable bonds is 4. The number of nitrogens with zero attached hydrogens (tertiary/aromatic N) is 2. The Labute approximate surface area is 162 Å². The number of hydrogen-bond acceptors (Lipinski definition) is 6. The number of nitrogen functional groups attached to an aromatic ring is 1. The molecule has 148 valence electrons. The molecule has 0 aliphatic rings. The van der Waals surface area contributed by atoms with E-state index < -0.39 is 6.36 Å². The molecule has 0 bridgehead atoms. The van der Waals surface area contributed by atoms with Crippen LogP contribution in [0.15, 0.2) is 59.3 Å². The highest BCUT2D eigenvalue weighted by atomic mass is 19.4. The molecule has 0 fully saturated rings. The van der Waals surface area contributed by atoms with Crippen LogP contribution in [-0.2, 0) is 0 Å². The lowest BCUT2D eigenvalue weighted by Gasteiger charge is -2.09. The Kier molecular flexibility index (Phi) is 4.50. The van der Waals surface area contributed by atoms with E-state index in [1.165, 1.54) is 30.6 Å². The van der Waals surface area contributed by atoms with E-state index in [2.05, 4.69) is 14.7 Å². The molecule has 0 aliphatic heterocycles. The molecular formula is C20H14F3N3O3. The fraction of sp³-hybridized carbons (Fsp3) is 0.100. The Morgan fingerprint density at radius 1 is 0.897 bits per heavy atom. The van der Waals surface area contributed by atoms with Gasteiger partial charge < -0.3 is 19.6 Å². The van der Waals surface area contributed by atoms with Crippen LogP contribution in [0.2, 0.25) is 0 Å². The topological polar surface area (TPSA) is 83.4 Å². The number of halogens is 3. The summed E-state index contributed by atoms with van der Waals surface area (Å²) < 4.78 is 52.3. The van der Waals surface area contributed by atoms with Crippen LogP contribution in [0.5, 0.6) is 11.5 Å². The molecular weight excluding hydrogens is 387 g/mol. The molecule has 2 heterocycles. The first-order valence-electron chi connectivity index (χ1n) is 8.39. The van der Waals surface area contributed by atoms with Crippen LogP contribution in [0.3, 0.4) is 0 Å². The highest BCUT2D eigenvalue weighted by molar-refractivity contribution is 6.05. The maximum absolute atomic E-state index is 12.4. The van der Waals surface area contributed by atoms with E-state index in [1.54, 1.807) is 19.2 Å². The Morgan fingerprint density at radius 2 is 1.52 bits per heavy atom. The van der Waals surface area contributed by atoms with E-state index in [0.717, 1.165) is 5.56 Å². The van der Waals surface area contributed by atoms with Gasteiger partial charge in [0.1, 0.15) is 29.4 Å². The monoisotopic (exact) mass is 401 g/mol. The minimum absolute atomic E-state index is 0.229. The Bertz CT molecular complexity index is 1150. The third-order valence-electron chi connectivity index (χ3n) is 4.25. The van der Waals surface area contributed by atoms with E-state index in [1.807, 2.05) is 12.1 Å². The largest absolute Gasteiger partial charge is 0.573 e. The van der Waals surface area contributed by atoms with Crippen molar-refractivity contribution in [2.45, 2.75) is 6.36 Å². The number of fused-ring (bicyclic) bond motifs is 1. The van der Waals surface area contributed by atoms with Crippen LogP contribution in [0, 0.1) is 0 Å². The lowest BCUT2D eigenvalue weighted by molar-refractivity contribution is -0.274. The van der Waals surface area contributed by atoms with Crippen molar-refractivity contribution in [3.63, 3.8) is 0 Å². The van der Waals surface area contributed by atoms with Gasteiger partial charge in [-0.3, -0.25) is 0 Å². The molecule has 0 spiro atoms. The van der Waals surface area contributed by atoms with Crippen molar-refractivity contribution in [3.05, 3.63) is 54.9 Å². The SMILES string of the molecule is COc1ccc(-c2c(-c3ccc(OC(F)(F)F)cc3)oc3ncnc(N)c23)cc1. The summed E-state index contributed by atoms with van der Waals surface area (Å²) in [6.45, 7) is 0. The summed E-state index contributed by atoms with van der Waals surface area (Å²) in [4.78, 5) is 8.14. The Balaban J connectivity index is 1.87.